The molecule has 194 valence electrons. The van der Waals surface area contributed by atoms with Gasteiger partial charge < -0.3 is 41.0 Å². The van der Waals surface area contributed by atoms with Crippen LogP contribution < -0.4 is 11.1 Å². The molecule has 2 rings (SSSR count). The SMILES string of the molecule is CC(C)/C(N)=C(\Cc1ccc(/C=C/C(=O)NCCO)cc1)C(=N)OC1OC(CO)C(F)C(O)C1O. The maximum atomic E-state index is 14.0. The second-order valence-corrected chi connectivity index (χ2v) is 8.45. The van der Waals surface area contributed by atoms with Gasteiger partial charge in [-0.25, -0.2) is 4.39 Å². The number of allylic oxidation sites excluding steroid dienone is 1. The minimum absolute atomic E-state index is 0.142. The Labute approximate surface area is 203 Å². The molecule has 0 saturated carbocycles. The molecule has 1 aromatic carbocycles. The maximum absolute atomic E-state index is 14.0. The Hall–Kier alpha value is -2.83. The van der Waals surface area contributed by atoms with E-state index in [9.17, 15) is 24.5 Å². The molecule has 1 aliphatic heterocycles. The first-order chi connectivity index (χ1) is 16.6. The van der Waals surface area contributed by atoms with E-state index in [-0.39, 0.29) is 31.4 Å². The molecule has 1 aliphatic rings. The summed E-state index contributed by atoms with van der Waals surface area (Å²) in [7, 11) is 0. The summed E-state index contributed by atoms with van der Waals surface area (Å²) in [5, 5.41) is 49.0. The quantitative estimate of drug-likeness (QED) is 0.135. The molecule has 1 fully saturated rings. The molecule has 35 heavy (non-hydrogen) atoms. The molecule has 5 unspecified atom stereocenters. The lowest BCUT2D eigenvalue weighted by Crippen LogP contribution is -2.58. The second-order valence-electron chi connectivity index (χ2n) is 8.45. The standard InChI is InChI=1S/C24H34FN3O7/c1-13(2)20(26)16(23(27)35-24-22(33)21(32)19(25)17(12-30)34-24)11-15-5-3-14(4-6-15)7-8-18(31)28-9-10-29/h3-8,13,17,19,21-22,24,27,29-30,32-33H,9-12,26H2,1-2H3,(H,28,31)/b8-7+,20-16-,27-23?. The molecule has 0 spiro atoms. The molecule has 5 atom stereocenters. The van der Waals surface area contributed by atoms with Crippen LogP contribution in [0.3, 0.4) is 0 Å². The fourth-order valence-electron chi connectivity index (χ4n) is 3.35. The minimum Gasteiger partial charge on any atom is -0.445 e. The Bertz CT molecular complexity index is 918. The van der Waals surface area contributed by atoms with Crippen LogP contribution >= 0.6 is 0 Å². The summed E-state index contributed by atoms with van der Waals surface area (Å²) in [5.41, 5.74) is 8.46. The zero-order chi connectivity index (χ0) is 26.1. The summed E-state index contributed by atoms with van der Waals surface area (Å²) in [6, 6.07) is 7.13. The molecule has 0 radical (unpaired) electrons. The van der Waals surface area contributed by atoms with Gasteiger partial charge in [-0.3, -0.25) is 10.2 Å². The molecule has 0 aromatic heterocycles. The van der Waals surface area contributed by atoms with Gasteiger partial charge in [0.2, 0.25) is 18.1 Å². The molecule has 1 saturated heterocycles. The number of aliphatic hydroxyl groups excluding tert-OH is 4. The lowest BCUT2D eigenvalue weighted by molar-refractivity contribution is -0.269. The number of rotatable bonds is 10. The Morgan fingerprint density at radius 3 is 2.49 bits per heavy atom. The van der Waals surface area contributed by atoms with Crippen molar-refractivity contribution in [2.75, 3.05) is 19.8 Å². The van der Waals surface area contributed by atoms with Crippen LogP contribution in [-0.4, -0.2) is 82.8 Å². The number of aliphatic hydroxyl groups is 4. The summed E-state index contributed by atoms with van der Waals surface area (Å²) in [5.74, 6) is -0.883. The second kappa shape index (κ2) is 13.3. The van der Waals surface area contributed by atoms with Gasteiger partial charge >= 0.3 is 0 Å². The third-order valence-electron chi connectivity index (χ3n) is 5.48. The largest absolute Gasteiger partial charge is 0.445 e. The molecule has 1 aromatic rings. The van der Waals surface area contributed by atoms with Crippen LogP contribution in [0.4, 0.5) is 4.39 Å². The number of carbonyl (C=O) groups is 1. The predicted octanol–water partition coefficient (Wildman–Crippen LogP) is -0.00943. The van der Waals surface area contributed by atoms with Gasteiger partial charge in [-0.1, -0.05) is 38.1 Å². The van der Waals surface area contributed by atoms with Crippen molar-refractivity contribution in [2.45, 2.75) is 51.0 Å². The lowest BCUT2D eigenvalue weighted by Gasteiger charge is -2.38. The normalized spacial score (nSPS) is 25.4. The van der Waals surface area contributed by atoms with Gasteiger partial charge in [0.1, 0.15) is 18.3 Å². The summed E-state index contributed by atoms with van der Waals surface area (Å²) >= 11 is 0. The molecule has 1 amide bonds. The Morgan fingerprint density at radius 1 is 1.26 bits per heavy atom. The lowest BCUT2D eigenvalue weighted by atomic mass is 9.97. The van der Waals surface area contributed by atoms with E-state index in [0.717, 1.165) is 11.1 Å². The molecule has 8 N–H and O–H groups in total. The van der Waals surface area contributed by atoms with E-state index >= 15 is 0 Å². The number of hydrogen-bond donors (Lipinski definition) is 7. The van der Waals surface area contributed by atoms with Crippen LogP contribution in [-0.2, 0) is 20.7 Å². The average molecular weight is 496 g/mol. The average Bonchev–Trinajstić information content (AvgIpc) is 2.85. The summed E-state index contributed by atoms with van der Waals surface area (Å²) in [4.78, 5) is 11.6. The molecular weight excluding hydrogens is 461 g/mol. The number of nitrogens with one attached hydrogen (secondary N) is 2. The number of hydrogen-bond acceptors (Lipinski definition) is 9. The Balaban J connectivity index is 2.15. The first-order valence-corrected chi connectivity index (χ1v) is 11.2. The molecule has 1 heterocycles. The van der Waals surface area contributed by atoms with Gasteiger partial charge in [0.25, 0.3) is 0 Å². The Morgan fingerprint density at radius 2 is 1.91 bits per heavy atom. The van der Waals surface area contributed by atoms with Crippen molar-refractivity contribution >= 4 is 17.9 Å². The van der Waals surface area contributed by atoms with Crippen molar-refractivity contribution in [2.24, 2.45) is 11.7 Å². The van der Waals surface area contributed by atoms with Crippen molar-refractivity contribution in [1.82, 2.24) is 5.32 Å². The minimum atomic E-state index is -2.01. The van der Waals surface area contributed by atoms with E-state index in [4.69, 9.17) is 25.7 Å². The molecule has 0 aliphatic carbocycles. The molecule has 0 bridgehead atoms. The molecule has 10 nitrogen and oxygen atoms in total. The van der Waals surface area contributed by atoms with Gasteiger partial charge in [0.05, 0.1) is 13.2 Å². The van der Waals surface area contributed by atoms with Crippen LogP contribution in [0.1, 0.15) is 25.0 Å². The third kappa shape index (κ3) is 7.84. The highest BCUT2D eigenvalue weighted by atomic mass is 19.1. The number of halogens is 1. The fraction of sp³-hybridized carbons (Fsp3) is 0.500. The summed E-state index contributed by atoms with van der Waals surface area (Å²) < 4.78 is 24.7. The monoisotopic (exact) mass is 495 g/mol. The maximum Gasteiger partial charge on any atom is 0.244 e. The van der Waals surface area contributed by atoms with Crippen LogP contribution in [0.25, 0.3) is 6.08 Å². The molecular formula is C24H34FN3O7. The van der Waals surface area contributed by atoms with Crippen molar-refractivity contribution in [1.29, 1.82) is 5.41 Å². The first kappa shape index (κ1) is 28.4. The van der Waals surface area contributed by atoms with Gasteiger partial charge in [-0.05, 0) is 23.1 Å². The highest BCUT2D eigenvalue weighted by Gasteiger charge is 2.46. The van der Waals surface area contributed by atoms with Crippen molar-refractivity contribution in [3.63, 3.8) is 0 Å². The van der Waals surface area contributed by atoms with E-state index in [1.165, 1.54) is 6.08 Å². The number of alkyl halides is 1. The smallest absolute Gasteiger partial charge is 0.244 e. The Kier molecular flexibility index (Phi) is 10.8. The highest BCUT2D eigenvalue weighted by Crippen LogP contribution is 2.26. The highest BCUT2D eigenvalue weighted by molar-refractivity contribution is 5.92. The van der Waals surface area contributed by atoms with Gasteiger partial charge in [0, 0.05) is 30.3 Å². The first-order valence-electron chi connectivity index (χ1n) is 11.2. The van der Waals surface area contributed by atoms with Crippen LogP contribution in [0.15, 0.2) is 41.6 Å². The van der Waals surface area contributed by atoms with Crippen molar-refractivity contribution < 1.29 is 39.1 Å². The van der Waals surface area contributed by atoms with Crippen molar-refractivity contribution in [3.8, 4) is 0 Å². The summed E-state index contributed by atoms with van der Waals surface area (Å²) in [6.45, 7) is 2.96. The van der Waals surface area contributed by atoms with Crippen LogP contribution in [0.2, 0.25) is 0 Å². The zero-order valence-electron chi connectivity index (χ0n) is 19.7. The number of ether oxygens (including phenoxy) is 2. The predicted molar refractivity (Wildman–Crippen MR) is 127 cm³/mol. The number of nitrogens with two attached hydrogens (primary N) is 1. The van der Waals surface area contributed by atoms with Gasteiger partial charge in [-0.15, -0.1) is 0 Å². The van der Waals surface area contributed by atoms with E-state index in [0.29, 0.717) is 11.3 Å². The fourth-order valence-corrected chi connectivity index (χ4v) is 3.35. The van der Waals surface area contributed by atoms with Crippen LogP contribution in [0.5, 0.6) is 0 Å². The zero-order valence-corrected chi connectivity index (χ0v) is 19.7. The summed E-state index contributed by atoms with van der Waals surface area (Å²) in [6.07, 6.45) is -5.44. The van der Waals surface area contributed by atoms with E-state index in [1.807, 2.05) is 13.8 Å². The van der Waals surface area contributed by atoms with Gasteiger partial charge in [-0.2, -0.15) is 0 Å². The van der Waals surface area contributed by atoms with E-state index < -0.39 is 43.3 Å². The molecule has 11 heteroatoms. The van der Waals surface area contributed by atoms with Crippen LogP contribution in [0, 0.1) is 11.3 Å². The third-order valence-corrected chi connectivity index (χ3v) is 5.48. The number of benzene rings is 1. The van der Waals surface area contributed by atoms with E-state index in [2.05, 4.69) is 5.32 Å². The van der Waals surface area contributed by atoms with Crippen molar-refractivity contribution in [3.05, 3.63) is 52.7 Å². The van der Waals surface area contributed by atoms with E-state index in [1.54, 1.807) is 30.3 Å². The number of carbonyl (C=O) groups excluding carboxylic acids is 1. The van der Waals surface area contributed by atoms with Gasteiger partial charge in [0.15, 0.2) is 6.17 Å². The number of amides is 1. The topological polar surface area (TPSA) is 178 Å².